The molecule has 0 bridgehead atoms. The zero-order valence-electron chi connectivity index (χ0n) is 11.8. The Morgan fingerprint density at radius 3 is 2.77 bits per heavy atom. The first-order valence-electron chi connectivity index (χ1n) is 6.40. The molecule has 0 aliphatic rings. The summed E-state index contributed by atoms with van der Waals surface area (Å²) in [5.74, 6) is -0.571. The average Bonchev–Trinajstić information content (AvgIpc) is 3.00. The Morgan fingerprint density at radius 1 is 1.45 bits per heavy atom. The maximum absolute atomic E-state index is 12.1. The van der Waals surface area contributed by atoms with Crippen molar-refractivity contribution in [3.63, 3.8) is 0 Å². The van der Waals surface area contributed by atoms with Gasteiger partial charge in [-0.2, -0.15) is 0 Å². The van der Waals surface area contributed by atoms with Gasteiger partial charge in [0.15, 0.2) is 0 Å². The highest BCUT2D eigenvalue weighted by Gasteiger charge is 2.26. The maximum Gasteiger partial charge on any atom is 0.292 e. The van der Waals surface area contributed by atoms with Gasteiger partial charge in [0.05, 0.1) is 17.0 Å². The number of nitro benzene ring substituents is 1. The van der Waals surface area contributed by atoms with E-state index in [9.17, 15) is 20.0 Å². The van der Waals surface area contributed by atoms with Crippen molar-refractivity contribution in [3.05, 3.63) is 56.3 Å². The zero-order chi connectivity index (χ0) is 16.3. The number of hydrogen-bond donors (Lipinski definition) is 3. The van der Waals surface area contributed by atoms with Gasteiger partial charge in [0.2, 0.25) is 0 Å². The van der Waals surface area contributed by atoms with Gasteiger partial charge in [0, 0.05) is 10.9 Å². The average molecular weight is 321 g/mol. The van der Waals surface area contributed by atoms with E-state index >= 15 is 0 Å². The van der Waals surface area contributed by atoms with Gasteiger partial charge in [-0.1, -0.05) is 12.1 Å². The smallest absolute Gasteiger partial charge is 0.292 e. The first kappa shape index (κ1) is 15.9. The SMILES string of the molecule is CC(O)(CNC(=O)c1cccc([N+](=O)[O-])c1N)c1cccs1. The number of rotatable bonds is 5. The van der Waals surface area contributed by atoms with Crippen LogP contribution in [0.1, 0.15) is 22.2 Å². The summed E-state index contributed by atoms with van der Waals surface area (Å²) in [6.45, 7) is 1.55. The maximum atomic E-state index is 12.1. The molecule has 2 rings (SSSR count). The third-order valence-electron chi connectivity index (χ3n) is 3.17. The van der Waals surface area contributed by atoms with Crippen molar-refractivity contribution >= 4 is 28.6 Å². The number of nitrogens with two attached hydrogens (primary N) is 1. The second-order valence-electron chi connectivity index (χ2n) is 4.93. The minimum Gasteiger partial charge on any atom is -0.393 e. The number of nitrogen functional groups attached to an aromatic ring is 1. The lowest BCUT2D eigenvalue weighted by molar-refractivity contribution is -0.383. The van der Waals surface area contributed by atoms with Crippen LogP contribution in [0.5, 0.6) is 0 Å². The van der Waals surface area contributed by atoms with Gasteiger partial charge < -0.3 is 16.2 Å². The highest BCUT2D eigenvalue weighted by molar-refractivity contribution is 7.10. The first-order chi connectivity index (χ1) is 10.3. The number of benzene rings is 1. The summed E-state index contributed by atoms with van der Waals surface area (Å²) in [6, 6.07) is 7.58. The molecule has 1 aromatic heterocycles. The summed E-state index contributed by atoms with van der Waals surface area (Å²) in [7, 11) is 0. The molecule has 0 saturated carbocycles. The molecular formula is C14H15N3O4S. The van der Waals surface area contributed by atoms with E-state index in [-0.39, 0.29) is 23.5 Å². The molecule has 4 N–H and O–H groups in total. The Bertz CT molecular complexity index is 698. The van der Waals surface area contributed by atoms with Crippen molar-refractivity contribution in [1.29, 1.82) is 0 Å². The van der Waals surface area contributed by atoms with E-state index in [0.717, 1.165) is 0 Å². The molecule has 0 spiro atoms. The molecule has 22 heavy (non-hydrogen) atoms. The van der Waals surface area contributed by atoms with Gasteiger partial charge in [0.1, 0.15) is 11.3 Å². The van der Waals surface area contributed by atoms with Crippen molar-refractivity contribution in [2.45, 2.75) is 12.5 Å². The molecule has 1 unspecified atom stereocenters. The molecule has 1 atom stereocenters. The molecule has 1 amide bonds. The van der Waals surface area contributed by atoms with Gasteiger partial charge in [-0.25, -0.2) is 0 Å². The van der Waals surface area contributed by atoms with Crippen LogP contribution in [0.25, 0.3) is 0 Å². The summed E-state index contributed by atoms with van der Waals surface area (Å²) in [6.07, 6.45) is 0. The zero-order valence-corrected chi connectivity index (χ0v) is 12.6. The molecule has 2 aromatic rings. The van der Waals surface area contributed by atoms with E-state index in [0.29, 0.717) is 4.88 Å². The number of amides is 1. The fourth-order valence-corrected chi connectivity index (χ4v) is 2.72. The van der Waals surface area contributed by atoms with Gasteiger partial charge >= 0.3 is 0 Å². The van der Waals surface area contributed by atoms with Crippen LogP contribution < -0.4 is 11.1 Å². The summed E-state index contributed by atoms with van der Waals surface area (Å²) in [5.41, 5.74) is 3.93. The Morgan fingerprint density at radius 2 is 2.18 bits per heavy atom. The monoisotopic (exact) mass is 321 g/mol. The highest BCUT2D eigenvalue weighted by atomic mass is 32.1. The number of aliphatic hydroxyl groups is 1. The quantitative estimate of drug-likeness (QED) is 0.441. The van der Waals surface area contributed by atoms with Gasteiger partial charge in [-0.05, 0) is 24.4 Å². The Labute approximate surface area is 130 Å². The van der Waals surface area contributed by atoms with Crippen LogP contribution in [0.4, 0.5) is 11.4 Å². The topological polar surface area (TPSA) is 118 Å². The number of hydrogen-bond acceptors (Lipinski definition) is 6. The van der Waals surface area contributed by atoms with Crippen molar-refractivity contribution in [2.24, 2.45) is 0 Å². The number of anilines is 1. The Balaban J connectivity index is 2.14. The number of nitrogens with zero attached hydrogens (tertiary/aromatic N) is 1. The van der Waals surface area contributed by atoms with Crippen LogP contribution in [0.3, 0.4) is 0 Å². The molecule has 116 valence electrons. The van der Waals surface area contributed by atoms with Crippen LogP contribution in [0, 0.1) is 10.1 Å². The standard InChI is InChI=1S/C14H15N3O4S/c1-14(19,11-6-3-7-22-11)8-16-13(18)9-4-2-5-10(12(9)15)17(20)21/h2-7,19H,8,15H2,1H3,(H,16,18). The minimum atomic E-state index is -1.22. The molecule has 0 saturated heterocycles. The summed E-state index contributed by atoms with van der Waals surface area (Å²) in [5, 5.41) is 25.5. The number of thiophene rings is 1. The lowest BCUT2D eigenvalue weighted by atomic mass is 10.0. The largest absolute Gasteiger partial charge is 0.393 e. The predicted molar refractivity (Wildman–Crippen MR) is 83.7 cm³/mol. The number of nitro groups is 1. The van der Waals surface area contributed by atoms with Gasteiger partial charge in [-0.15, -0.1) is 11.3 Å². The van der Waals surface area contributed by atoms with E-state index < -0.39 is 16.4 Å². The second-order valence-corrected chi connectivity index (χ2v) is 5.88. The predicted octanol–water partition coefficient (Wildman–Crippen LogP) is 1.88. The molecule has 7 nitrogen and oxygen atoms in total. The first-order valence-corrected chi connectivity index (χ1v) is 7.28. The molecule has 0 radical (unpaired) electrons. The number of nitrogens with one attached hydrogen (secondary N) is 1. The van der Waals surface area contributed by atoms with Crippen LogP contribution in [0.15, 0.2) is 35.7 Å². The lowest BCUT2D eigenvalue weighted by Crippen LogP contribution is -2.38. The van der Waals surface area contributed by atoms with Gasteiger partial charge in [0.25, 0.3) is 11.6 Å². The van der Waals surface area contributed by atoms with E-state index in [4.69, 9.17) is 5.73 Å². The fraction of sp³-hybridized carbons (Fsp3) is 0.214. The van der Waals surface area contributed by atoms with Crippen LogP contribution in [-0.2, 0) is 5.60 Å². The lowest BCUT2D eigenvalue weighted by Gasteiger charge is -2.22. The van der Waals surface area contributed by atoms with Gasteiger partial charge in [-0.3, -0.25) is 14.9 Å². The Hall–Kier alpha value is -2.45. The third-order valence-corrected chi connectivity index (χ3v) is 4.29. The molecule has 0 fully saturated rings. The van der Waals surface area contributed by atoms with E-state index in [2.05, 4.69) is 5.32 Å². The molecule has 0 aliphatic carbocycles. The van der Waals surface area contributed by atoms with Crippen molar-refractivity contribution in [1.82, 2.24) is 5.32 Å². The van der Waals surface area contributed by atoms with Crippen molar-refractivity contribution in [2.75, 3.05) is 12.3 Å². The molecular weight excluding hydrogens is 306 g/mol. The summed E-state index contributed by atoms with van der Waals surface area (Å²) < 4.78 is 0. The van der Waals surface area contributed by atoms with Crippen LogP contribution in [0.2, 0.25) is 0 Å². The number of carbonyl (C=O) groups is 1. The molecule has 1 heterocycles. The van der Waals surface area contributed by atoms with Crippen LogP contribution in [-0.4, -0.2) is 22.5 Å². The molecule has 8 heteroatoms. The minimum absolute atomic E-state index is 0.0104. The number of carbonyl (C=O) groups excluding carboxylic acids is 1. The fourth-order valence-electron chi connectivity index (χ4n) is 1.93. The third kappa shape index (κ3) is 3.23. The van der Waals surface area contributed by atoms with E-state index in [1.165, 1.54) is 29.5 Å². The van der Waals surface area contributed by atoms with Crippen molar-refractivity contribution in [3.8, 4) is 0 Å². The van der Waals surface area contributed by atoms with E-state index in [1.807, 2.05) is 5.38 Å². The molecule has 0 aliphatic heterocycles. The summed E-state index contributed by atoms with van der Waals surface area (Å²) in [4.78, 5) is 23.0. The molecule has 1 aromatic carbocycles. The highest BCUT2D eigenvalue weighted by Crippen LogP contribution is 2.26. The normalized spacial score (nSPS) is 13.4. The van der Waals surface area contributed by atoms with Crippen LogP contribution >= 0.6 is 11.3 Å². The van der Waals surface area contributed by atoms with Crippen molar-refractivity contribution < 1.29 is 14.8 Å². The second kappa shape index (κ2) is 6.12. The summed E-state index contributed by atoms with van der Waals surface area (Å²) >= 11 is 1.37. The Kier molecular flexibility index (Phi) is 4.43. The number of para-hydroxylation sites is 1. The van der Waals surface area contributed by atoms with E-state index in [1.54, 1.807) is 19.1 Å².